The SMILES string of the molecule is CC(c1ccccc1Cl)N(C)C(=O)c1ccc(S)cc1. The molecular formula is C16H16ClNOS. The first kappa shape index (κ1) is 14.9. The summed E-state index contributed by atoms with van der Waals surface area (Å²) in [7, 11) is 1.78. The van der Waals surface area contributed by atoms with Gasteiger partial charge in [-0.25, -0.2) is 0 Å². The minimum Gasteiger partial charge on any atom is -0.335 e. The van der Waals surface area contributed by atoms with E-state index in [9.17, 15) is 4.79 Å². The Morgan fingerprint density at radius 2 is 1.75 bits per heavy atom. The second-order valence-electron chi connectivity index (χ2n) is 4.66. The maximum absolute atomic E-state index is 12.4. The number of carbonyl (C=O) groups is 1. The van der Waals surface area contributed by atoms with Crippen molar-refractivity contribution in [2.45, 2.75) is 17.9 Å². The number of nitrogens with zero attached hydrogens (tertiary/aromatic N) is 1. The van der Waals surface area contributed by atoms with Crippen LogP contribution in [0.15, 0.2) is 53.4 Å². The number of rotatable bonds is 3. The van der Waals surface area contributed by atoms with Gasteiger partial charge in [0.05, 0.1) is 6.04 Å². The van der Waals surface area contributed by atoms with Crippen LogP contribution in [-0.4, -0.2) is 17.9 Å². The molecule has 4 heteroatoms. The number of hydrogen-bond donors (Lipinski definition) is 1. The van der Waals surface area contributed by atoms with Crippen LogP contribution in [0.1, 0.15) is 28.9 Å². The highest BCUT2D eigenvalue weighted by atomic mass is 35.5. The topological polar surface area (TPSA) is 20.3 Å². The molecule has 1 atom stereocenters. The molecule has 0 aliphatic heterocycles. The van der Waals surface area contributed by atoms with Gasteiger partial charge in [0, 0.05) is 22.5 Å². The van der Waals surface area contributed by atoms with Crippen LogP contribution in [-0.2, 0) is 0 Å². The van der Waals surface area contributed by atoms with Gasteiger partial charge in [0.15, 0.2) is 0 Å². The van der Waals surface area contributed by atoms with Crippen molar-refractivity contribution >= 4 is 30.1 Å². The van der Waals surface area contributed by atoms with Crippen molar-refractivity contribution in [2.75, 3.05) is 7.05 Å². The molecule has 0 radical (unpaired) electrons. The Balaban J connectivity index is 2.22. The molecule has 0 aromatic heterocycles. The minimum atomic E-state index is -0.0909. The van der Waals surface area contributed by atoms with Gasteiger partial charge < -0.3 is 4.90 Å². The highest BCUT2D eigenvalue weighted by Crippen LogP contribution is 2.27. The fraction of sp³-hybridized carbons (Fsp3) is 0.188. The maximum atomic E-state index is 12.4. The van der Waals surface area contributed by atoms with Crippen LogP contribution >= 0.6 is 24.2 Å². The molecule has 0 spiro atoms. The van der Waals surface area contributed by atoms with Crippen LogP contribution in [0.3, 0.4) is 0 Å². The van der Waals surface area contributed by atoms with E-state index in [1.807, 2.05) is 43.3 Å². The molecule has 0 aliphatic carbocycles. The largest absolute Gasteiger partial charge is 0.335 e. The molecule has 0 N–H and O–H groups in total. The zero-order valence-corrected chi connectivity index (χ0v) is 13.0. The molecule has 0 saturated heterocycles. The number of thiol groups is 1. The summed E-state index contributed by atoms with van der Waals surface area (Å²) in [5, 5.41) is 0.672. The Kier molecular flexibility index (Phi) is 4.73. The van der Waals surface area contributed by atoms with Crippen LogP contribution in [0, 0.1) is 0 Å². The summed E-state index contributed by atoms with van der Waals surface area (Å²) in [5.41, 5.74) is 1.58. The zero-order valence-electron chi connectivity index (χ0n) is 11.4. The van der Waals surface area contributed by atoms with Gasteiger partial charge in [0.2, 0.25) is 0 Å². The molecule has 2 rings (SSSR count). The van der Waals surface area contributed by atoms with Crippen molar-refractivity contribution in [2.24, 2.45) is 0 Å². The molecule has 0 saturated carbocycles. The Bertz CT molecular complexity index is 612. The fourth-order valence-corrected chi connectivity index (χ4v) is 2.45. The Labute approximate surface area is 129 Å². The highest BCUT2D eigenvalue weighted by molar-refractivity contribution is 7.80. The predicted octanol–water partition coefficient (Wildman–Crippen LogP) is 4.46. The lowest BCUT2D eigenvalue weighted by atomic mass is 10.1. The van der Waals surface area contributed by atoms with Crippen molar-refractivity contribution in [1.82, 2.24) is 4.90 Å². The maximum Gasteiger partial charge on any atom is 0.254 e. The number of amides is 1. The lowest BCUT2D eigenvalue weighted by Crippen LogP contribution is -2.29. The van der Waals surface area contributed by atoms with Crippen molar-refractivity contribution < 1.29 is 4.79 Å². The smallest absolute Gasteiger partial charge is 0.254 e. The van der Waals surface area contributed by atoms with E-state index >= 15 is 0 Å². The Morgan fingerprint density at radius 1 is 1.15 bits per heavy atom. The molecule has 1 unspecified atom stereocenters. The number of halogens is 1. The number of carbonyl (C=O) groups excluding carboxylic acids is 1. The molecule has 0 bridgehead atoms. The normalized spacial score (nSPS) is 12.0. The molecule has 0 fully saturated rings. The van der Waals surface area contributed by atoms with Crippen molar-refractivity contribution in [1.29, 1.82) is 0 Å². The molecule has 0 heterocycles. The predicted molar refractivity (Wildman–Crippen MR) is 85.7 cm³/mol. The molecule has 104 valence electrons. The summed E-state index contributed by atoms with van der Waals surface area (Å²) in [6, 6.07) is 14.7. The molecular weight excluding hydrogens is 290 g/mol. The van der Waals surface area contributed by atoms with E-state index in [4.69, 9.17) is 11.6 Å². The Hall–Kier alpha value is -1.45. The molecule has 20 heavy (non-hydrogen) atoms. The van der Waals surface area contributed by atoms with E-state index in [1.54, 1.807) is 24.1 Å². The van der Waals surface area contributed by atoms with Gasteiger partial charge in [-0.3, -0.25) is 4.79 Å². The van der Waals surface area contributed by atoms with Gasteiger partial charge in [-0.05, 0) is 42.8 Å². The van der Waals surface area contributed by atoms with Gasteiger partial charge in [-0.1, -0.05) is 29.8 Å². The van der Waals surface area contributed by atoms with Crippen LogP contribution < -0.4 is 0 Å². The van der Waals surface area contributed by atoms with E-state index in [-0.39, 0.29) is 11.9 Å². The lowest BCUT2D eigenvalue weighted by molar-refractivity contribution is 0.0742. The van der Waals surface area contributed by atoms with Crippen LogP contribution in [0.25, 0.3) is 0 Å². The summed E-state index contributed by atoms with van der Waals surface area (Å²) in [5.74, 6) is -0.0363. The van der Waals surface area contributed by atoms with Gasteiger partial charge in [-0.15, -0.1) is 12.6 Å². The summed E-state index contributed by atoms with van der Waals surface area (Å²) in [6.45, 7) is 1.96. The molecule has 1 amide bonds. The standard InChI is InChI=1S/C16H16ClNOS/c1-11(14-5-3-4-6-15(14)17)18(2)16(19)12-7-9-13(20)10-8-12/h3-11,20H,1-2H3. The quantitative estimate of drug-likeness (QED) is 0.830. The van der Waals surface area contributed by atoms with Gasteiger partial charge in [0.1, 0.15) is 0 Å². The third kappa shape index (κ3) is 3.17. The van der Waals surface area contributed by atoms with Gasteiger partial charge in [0.25, 0.3) is 5.91 Å². The van der Waals surface area contributed by atoms with E-state index in [2.05, 4.69) is 12.6 Å². The van der Waals surface area contributed by atoms with Crippen LogP contribution in [0.2, 0.25) is 5.02 Å². The van der Waals surface area contributed by atoms with E-state index in [0.717, 1.165) is 10.5 Å². The van der Waals surface area contributed by atoms with E-state index in [1.165, 1.54) is 0 Å². The average Bonchev–Trinajstić information content (AvgIpc) is 2.46. The third-order valence-corrected chi connectivity index (χ3v) is 4.01. The van der Waals surface area contributed by atoms with Crippen molar-refractivity contribution in [3.05, 3.63) is 64.7 Å². The summed E-state index contributed by atoms with van der Waals surface area (Å²) in [4.78, 5) is 15.0. The number of hydrogen-bond acceptors (Lipinski definition) is 2. The second-order valence-corrected chi connectivity index (χ2v) is 5.58. The van der Waals surface area contributed by atoms with Crippen LogP contribution in [0.4, 0.5) is 0 Å². The molecule has 2 aromatic carbocycles. The molecule has 2 nitrogen and oxygen atoms in total. The first-order valence-corrected chi connectivity index (χ1v) is 7.14. The zero-order chi connectivity index (χ0) is 14.7. The lowest BCUT2D eigenvalue weighted by Gasteiger charge is -2.26. The van der Waals surface area contributed by atoms with E-state index < -0.39 is 0 Å². The van der Waals surface area contributed by atoms with Gasteiger partial charge >= 0.3 is 0 Å². The average molecular weight is 306 g/mol. The fourth-order valence-electron chi connectivity index (χ4n) is 2.01. The first-order chi connectivity index (χ1) is 9.50. The minimum absolute atomic E-state index is 0.0363. The third-order valence-electron chi connectivity index (χ3n) is 3.37. The van der Waals surface area contributed by atoms with E-state index in [0.29, 0.717) is 10.6 Å². The first-order valence-electron chi connectivity index (χ1n) is 6.31. The molecule has 2 aromatic rings. The summed E-state index contributed by atoms with van der Waals surface area (Å²) >= 11 is 10.4. The summed E-state index contributed by atoms with van der Waals surface area (Å²) < 4.78 is 0. The van der Waals surface area contributed by atoms with Crippen molar-refractivity contribution in [3.8, 4) is 0 Å². The van der Waals surface area contributed by atoms with Crippen LogP contribution in [0.5, 0.6) is 0 Å². The monoisotopic (exact) mass is 305 g/mol. The highest BCUT2D eigenvalue weighted by Gasteiger charge is 2.20. The Morgan fingerprint density at radius 3 is 2.35 bits per heavy atom. The van der Waals surface area contributed by atoms with Gasteiger partial charge in [-0.2, -0.15) is 0 Å². The molecule has 0 aliphatic rings. The number of benzene rings is 2. The van der Waals surface area contributed by atoms with Crippen molar-refractivity contribution in [3.63, 3.8) is 0 Å². The summed E-state index contributed by atoms with van der Waals surface area (Å²) in [6.07, 6.45) is 0. The second kappa shape index (κ2) is 6.33.